The Morgan fingerprint density at radius 2 is 1.38 bits per heavy atom. The summed E-state index contributed by atoms with van der Waals surface area (Å²) in [7, 11) is 0. The zero-order valence-electron chi connectivity index (χ0n) is 27.1. The van der Waals surface area contributed by atoms with Crippen molar-refractivity contribution in [2.45, 2.75) is 91.4 Å². The molecule has 0 bridgehead atoms. The van der Waals surface area contributed by atoms with Gasteiger partial charge in [-0.15, -0.1) is 0 Å². The number of aliphatic hydroxyl groups excluding tert-OH is 2. The molecule has 19 heteroatoms. The number of hydrogen-bond donors (Lipinski definition) is 6. The first kappa shape index (κ1) is 38.7. The van der Waals surface area contributed by atoms with Crippen molar-refractivity contribution < 1.29 is 72.5 Å². The smallest absolute Gasteiger partial charge is 0.416 e. The van der Waals surface area contributed by atoms with Crippen molar-refractivity contribution in [3.05, 3.63) is 11.8 Å². The van der Waals surface area contributed by atoms with Crippen molar-refractivity contribution in [3.63, 3.8) is 0 Å². The minimum Gasteiger partial charge on any atom is -0.478 e. The number of carbonyl (C=O) groups excluding carboxylic acids is 5. The number of carboxylic acid groups (broad SMARTS) is 1. The van der Waals surface area contributed by atoms with Crippen LogP contribution in [0.1, 0.15) is 54.9 Å². The second-order valence-corrected chi connectivity index (χ2v) is 12.5. The second kappa shape index (κ2) is 16.4. The number of nitrogens with one attached hydrogen (secondary N) is 3. The van der Waals surface area contributed by atoms with E-state index in [1.807, 2.05) is 0 Å². The topological polar surface area (TPSA) is 267 Å². The van der Waals surface area contributed by atoms with E-state index in [4.69, 9.17) is 28.4 Å². The largest absolute Gasteiger partial charge is 0.478 e. The van der Waals surface area contributed by atoms with Gasteiger partial charge < -0.3 is 49.1 Å². The van der Waals surface area contributed by atoms with Gasteiger partial charge in [0.05, 0.1) is 29.0 Å². The van der Waals surface area contributed by atoms with Crippen LogP contribution >= 0.6 is 0 Å². The number of carbonyl (C=O) groups is 6. The third-order valence-corrected chi connectivity index (χ3v) is 6.37. The average Bonchev–Trinajstić information content (AvgIpc) is 2.93. The van der Waals surface area contributed by atoms with Crippen LogP contribution in [0, 0.1) is 10.8 Å². The lowest BCUT2D eigenvalue weighted by atomic mass is 9.88. The quantitative estimate of drug-likeness (QED) is 0.0831. The number of alkyl carbamates (subject to hydrolysis) is 2. The Morgan fingerprint density at radius 3 is 1.83 bits per heavy atom. The summed E-state index contributed by atoms with van der Waals surface area (Å²) in [5.41, 5.74) is -1.82. The van der Waals surface area contributed by atoms with Gasteiger partial charge in [0.25, 0.3) is 0 Å². The fraction of sp³-hybridized carbons (Fsp3) is 0.679. The zero-order valence-corrected chi connectivity index (χ0v) is 27.1. The molecule has 2 heterocycles. The van der Waals surface area contributed by atoms with Crippen LogP contribution in [0.15, 0.2) is 16.8 Å². The molecule has 2 aliphatic rings. The van der Waals surface area contributed by atoms with E-state index in [0.29, 0.717) is 0 Å². The van der Waals surface area contributed by atoms with Crippen molar-refractivity contribution >= 4 is 42.0 Å². The highest BCUT2D eigenvalue weighted by Crippen LogP contribution is 2.29. The molecule has 47 heavy (non-hydrogen) atoms. The Hall–Kier alpha value is -4.49. The van der Waals surface area contributed by atoms with Crippen LogP contribution in [0.4, 0.5) is 9.59 Å². The Labute approximate surface area is 269 Å². The summed E-state index contributed by atoms with van der Waals surface area (Å²) in [6.45, 7) is 8.83. The molecule has 6 atom stereocenters. The van der Waals surface area contributed by atoms with Crippen molar-refractivity contribution in [3.8, 4) is 0 Å². The molecule has 264 valence electrons. The number of aliphatic imine (C=N–C) groups is 1. The molecule has 0 radical (unpaired) electrons. The molecular formula is C28H42N4O15. The molecule has 6 N–H and O–H groups in total. The highest BCUT2D eigenvalue weighted by atomic mass is 16.7. The van der Waals surface area contributed by atoms with Gasteiger partial charge in [-0.25, -0.2) is 19.4 Å². The molecule has 1 fully saturated rings. The van der Waals surface area contributed by atoms with E-state index < -0.39 is 109 Å². The first-order chi connectivity index (χ1) is 21.7. The lowest BCUT2D eigenvalue weighted by Gasteiger charge is -2.43. The van der Waals surface area contributed by atoms with Gasteiger partial charge in [-0.05, 0) is 54.0 Å². The molecule has 0 aromatic carbocycles. The zero-order chi connectivity index (χ0) is 35.7. The summed E-state index contributed by atoms with van der Waals surface area (Å²) in [6.07, 6.45) is -7.23. The van der Waals surface area contributed by atoms with Crippen LogP contribution < -0.4 is 16.0 Å². The van der Waals surface area contributed by atoms with E-state index in [2.05, 4.69) is 20.9 Å². The third-order valence-electron chi connectivity index (χ3n) is 6.37. The SMILES string of the molecule is CC(=O)N[C@H]1[C@H]([C@@H]2OCC[C@@H](O)[C@H]2O)OC(C(=O)O)=C[C@@H]1N=C(NC(=O)OCOC(=O)C(C)(C)C)NC(=O)OCOC(=O)C(C)(C)C. The van der Waals surface area contributed by atoms with Gasteiger partial charge in [0.1, 0.15) is 12.2 Å². The highest BCUT2D eigenvalue weighted by molar-refractivity contribution is 6.01. The Balaban J connectivity index is 2.42. The number of aliphatic hydroxyl groups is 2. The van der Waals surface area contributed by atoms with Gasteiger partial charge in [0.15, 0.2) is 6.10 Å². The molecule has 19 nitrogen and oxygen atoms in total. The van der Waals surface area contributed by atoms with Crippen LogP contribution in [0.2, 0.25) is 0 Å². The van der Waals surface area contributed by atoms with Crippen molar-refractivity contribution in [2.24, 2.45) is 15.8 Å². The fourth-order valence-electron chi connectivity index (χ4n) is 3.94. The summed E-state index contributed by atoms with van der Waals surface area (Å²) >= 11 is 0. The van der Waals surface area contributed by atoms with Gasteiger partial charge in [-0.3, -0.25) is 25.0 Å². The monoisotopic (exact) mass is 674 g/mol. The lowest BCUT2D eigenvalue weighted by molar-refractivity contribution is -0.185. The molecule has 0 unspecified atom stereocenters. The molecule has 2 rings (SSSR count). The van der Waals surface area contributed by atoms with Gasteiger partial charge in [-0.1, -0.05) is 0 Å². The van der Waals surface area contributed by atoms with Crippen LogP contribution in [0.25, 0.3) is 0 Å². The number of guanidine groups is 1. The lowest BCUT2D eigenvalue weighted by Crippen LogP contribution is -2.62. The van der Waals surface area contributed by atoms with Crippen molar-refractivity contribution in [1.82, 2.24) is 16.0 Å². The summed E-state index contributed by atoms with van der Waals surface area (Å²) in [4.78, 5) is 77.5. The molecule has 0 aliphatic carbocycles. The molecular weight excluding hydrogens is 632 g/mol. The minimum absolute atomic E-state index is 0.0405. The molecule has 3 amide bonds. The van der Waals surface area contributed by atoms with E-state index in [0.717, 1.165) is 13.0 Å². The number of carboxylic acids is 1. The summed E-state index contributed by atoms with van der Waals surface area (Å²) in [5, 5.41) is 37.3. The van der Waals surface area contributed by atoms with E-state index >= 15 is 0 Å². The minimum atomic E-state index is -1.58. The van der Waals surface area contributed by atoms with Gasteiger partial charge in [-0.2, -0.15) is 0 Å². The molecule has 1 saturated heterocycles. The maximum absolute atomic E-state index is 12.6. The molecule has 0 saturated carbocycles. The molecule has 0 aromatic rings. The maximum Gasteiger partial charge on any atom is 0.416 e. The maximum atomic E-state index is 12.6. The summed E-state index contributed by atoms with van der Waals surface area (Å²) in [6, 6.07) is -2.77. The number of hydrogen-bond acceptors (Lipinski definition) is 15. The van der Waals surface area contributed by atoms with Gasteiger partial charge in [0.2, 0.25) is 31.2 Å². The Kier molecular flexibility index (Phi) is 13.5. The number of rotatable bonds is 8. The van der Waals surface area contributed by atoms with E-state index in [1.165, 1.54) is 0 Å². The van der Waals surface area contributed by atoms with Crippen LogP contribution in [0.3, 0.4) is 0 Å². The fourth-order valence-corrected chi connectivity index (χ4v) is 3.94. The van der Waals surface area contributed by atoms with E-state index in [1.54, 1.807) is 41.5 Å². The number of ether oxygens (including phenoxy) is 6. The first-order valence-corrected chi connectivity index (χ1v) is 14.4. The third kappa shape index (κ3) is 12.0. The van der Waals surface area contributed by atoms with Crippen molar-refractivity contribution in [2.75, 3.05) is 20.2 Å². The number of aliphatic carboxylic acids is 1. The predicted octanol–water partition coefficient (Wildman–Crippen LogP) is -0.360. The van der Waals surface area contributed by atoms with Crippen molar-refractivity contribution in [1.29, 1.82) is 0 Å². The number of esters is 2. The van der Waals surface area contributed by atoms with Gasteiger partial charge in [0, 0.05) is 13.5 Å². The first-order valence-electron chi connectivity index (χ1n) is 14.4. The van der Waals surface area contributed by atoms with Crippen LogP contribution in [-0.2, 0) is 47.6 Å². The summed E-state index contributed by atoms with van der Waals surface area (Å²) in [5.74, 6) is -5.04. The molecule has 0 spiro atoms. The molecule has 2 aliphatic heterocycles. The Morgan fingerprint density at radius 1 is 0.872 bits per heavy atom. The van der Waals surface area contributed by atoms with Crippen LogP contribution in [0.5, 0.6) is 0 Å². The van der Waals surface area contributed by atoms with Crippen LogP contribution in [-0.4, -0.2) is 114 Å². The average molecular weight is 675 g/mol. The summed E-state index contributed by atoms with van der Waals surface area (Å²) < 4.78 is 30.6. The second-order valence-electron chi connectivity index (χ2n) is 12.5. The number of nitrogens with zero attached hydrogens (tertiary/aromatic N) is 1. The normalized spacial score (nSPS) is 24.2. The highest BCUT2D eigenvalue weighted by Gasteiger charge is 2.48. The standard InChI is InChI=1S/C28H42N4O15/c1-13(33)29-17-14(10-16(21(36)37)47-19(17)20-18(35)15(34)8-9-42-20)30-24(31-25(40)45-11-43-22(38)27(2,3)4)32-26(41)46-12-44-23(39)28(5,6)7/h10,14-15,17-20,34-35H,8-9,11-12H2,1-7H3,(H,29,33)(H,36,37)(H2,30,31,32,40,41)/t14-,15+,17+,18+,19+,20+/m0/s1. The predicted molar refractivity (Wildman–Crippen MR) is 156 cm³/mol. The Bertz CT molecular complexity index is 1210. The van der Waals surface area contributed by atoms with E-state index in [9.17, 15) is 44.1 Å². The van der Waals surface area contributed by atoms with Gasteiger partial charge >= 0.3 is 30.1 Å². The molecule has 0 aromatic heterocycles. The van der Waals surface area contributed by atoms with E-state index in [-0.39, 0.29) is 13.0 Å². The number of amides is 3.